The van der Waals surface area contributed by atoms with Crippen LogP contribution in [0, 0.1) is 58.5 Å². The van der Waals surface area contributed by atoms with Gasteiger partial charge in [0.05, 0.1) is 22.3 Å². The molecule has 0 N–H and O–H groups in total. The normalized spacial score (nSPS) is 9.47. The first-order chi connectivity index (χ1) is 15.4. The van der Waals surface area contributed by atoms with E-state index in [0.29, 0.717) is 0 Å². The van der Waals surface area contributed by atoms with Gasteiger partial charge in [-0.25, -0.2) is 0 Å². The minimum atomic E-state index is -1.47. The smallest absolute Gasteiger partial charge is 0.126 e. The van der Waals surface area contributed by atoms with Crippen molar-refractivity contribution in [1.29, 1.82) is 0 Å². The molecule has 0 radical (unpaired) electrons. The van der Waals surface area contributed by atoms with E-state index < -0.39 is 16.1 Å². The van der Waals surface area contributed by atoms with Crippen molar-refractivity contribution in [1.82, 2.24) is 0 Å². The van der Waals surface area contributed by atoms with E-state index in [1.54, 1.807) is 0 Å². The lowest BCUT2D eigenvalue weighted by Gasteiger charge is -2.03. The Labute approximate surface area is 213 Å². The summed E-state index contributed by atoms with van der Waals surface area (Å²) in [7, 11) is -2.93. The fraction of sp³-hybridized carbons (Fsp3) is 0.438. The maximum absolute atomic E-state index is 3.42. The van der Waals surface area contributed by atoms with E-state index in [4.69, 9.17) is 0 Å². The zero-order valence-corrected chi connectivity index (χ0v) is 26.0. The van der Waals surface area contributed by atoms with Crippen molar-refractivity contribution < 1.29 is 0 Å². The summed E-state index contributed by atoms with van der Waals surface area (Å²) in [6.45, 7) is 29.8. The van der Waals surface area contributed by atoms with Crippen LogP contribution in [0.2, 0.25) is 39.3 Å². The number of rotatable bonds is 0. The molecule has 34 heavy (non-hydrogen) atoms. The van der Waals surface area contributed by atoms with Gasteiger partial charge in [0, 0.05) is 0 Å². The van der Waals surface area contributed by atoms with Gasteiger partial charge >= 0.3 is 0 Å². The highest BCUT2D eigenvalue weighted by Crippen LogP contribution is 2.08. The number of hydrogen-bond acceptors (Lipinski definition) is 0. The van der Waals surface area contributed by atoms with Crippen LogP contribution in [-0.2, 0) is 0 Å². The van der Waals surface area contributed by atoms with Crippen molar-refractivity contribution in [3.63, 3.8) is 0 Å². The molecule has 0 fully saturated rings. The first kappa shape index (κ1) is 31.2. The Hall–Kier alpha value is -2.81. The van der Waals surface area contributed by atoms with E-state index in [9.17, 15) is 0 Å². The third-order valence-corrected chi connectivity index (χ3v) is 5.81. The SMILES string of the molecule is CC(C)=C(C#CC(C#CC(C#C[Si](C)(C)C)=C(C)C)=C(C)C)C#CC(C#C[Si](C)(C)C)=C(C)C. The number of hydrogen-bond donors (Lipinski definition) is 0. The zero-order valence-electron chi connectivity index (χ0n) is 24.0. The molecule has 0 bridgehead atoms. The largest absolute Gasteiger partial charge is 0.129 e. The maximum atomic E-state index is 3.42. The summed E-state index contributed by atoms with van der Waals surface area (Å²) < 4.78 is 0. The second-order valence-electron chi connectivity index (χ2n) is 11.2. The highest BCUT2D eigenvalue weighted by Gasteiger charge is 2.08. The van der Waals surface area contributed by atoms with Crippen molar-refractivity contribution in [2.45, 2.75) is 94.7 Å². The summed E-state index contributed by atoms with van der Waals surface area (Å²) in [4.78, 5) is 0. The molecule has 0 amide bonds. The molecule has 0 saturated carbocycles. The summed E-state index contributed by atoms with van der Waals surface area (Å²) >= 11 is 0. The highest BCUT2D eigenvalue weighted by atomic mass is 28.3. The van der Waals surface area contributed by atoms with E-state index in [1.807, 2.05) is 27.7 Å². The quantitative estimate of drug-likeness (QED) is 0.242. The van der Waals surface area contributed by atoms with Gasteiger partial charge in [0.15, 0.2) is 0 Å². The first-order valence-electron chi connectivity index (χ1n) is 11.8. The van der Waals surface area contributed by atoms with Gasteiger partial charge in [-0.05, 0) is 55.4 Å². The topological polar surface area (TPSA) is 0 Å². The van der Waals surface area contributed by atoms with Gasteiger partial charge < -0.3 is 0 Å². The summed E-state index contributed by atoms with van der Waals surface area (Å²) in [6, 6.07) is 0. The fourth-order valence-corrected chi connectivity index (χ4v) is 3.00. The van der Waals surface area contributed by atoms with Gasteiger partial charge in [0.25, 0.3) is 0 Å². The van der Waals surface area contributed by atoms with E-state index in [2.05, 4.69) is 125 Å². The van der Waals surface area contributed by atoms with Gasteiger partial charge in [-0.2, -0.15) is 0 Å². The molecule has 0 aliphatic heterocycles. The first-order valence-corrected chi connectivity index (χ1v) is 18.8. The lowest BCUT2D eigenvalue weighted by molar-refractivity contribution is 1.35. The molecule has 0 heterocycles. The van der Waals surface area contributed by atoms with Gasteiger partial charge in [0.1, 0.15) is 16.1 Å². The van der Waals surface area contributed by atoms with E-state index in [1.165, 1.54) is 0 Å². The standard InChI is InChI=1S/C32H42Si2/c1-25(2)29(17-19-31(27(5)6)21-23-33(9,10)11)15-16-30(26(3)4)18-20-32(28(7)8)22-24-34(12,13)14/h1-14H3. The highest BCUT2D eigenvalue weighted by molar-refractivity contribution is 6.84. The third kappa shape index (κ3) is 14.4. The molecule has 0 saturated heterocycles. The van der Waals surface area contributed by atoms with Crippen LogP contribution in [0.1, 0.15) is 55.4 Å². The van der Waals surface area contributed by atoms with Crippen LogP contribution in [0.15, 0.2) is 44.6 Å². The lowest BCUT2D eigenvalue weighted by Crippen LogP contribution is -2.16. The molecule has 178 valence electrons. The molecule has 0 aliphatic carbocycles. The predicted molar refractivity (Wildman–Crippen MR) is 159 cm³/mol. The molecule has 0 nitrogen and oxygen atoms in total. The van der Waals surface area contributed by atoms with E-state index in [0.717, 1.165) is 44.6 Å². The average Bonchev–Trinajstić information content (AvgIpc) is 2.65. The third-order valence-electron chi connectivity index (χ3n) is 4.06. The zero-order chi connectivity index (χ0) is 26.7. The number of allylic oxidation sites excluding steroid dienone is 8. The summed E-state index contributed by atoms with van der Waals surface area (Å²) in [6.07, 6.45) is 0. The molecular formula is C32H42Si2. The van der Waals surface area contributed by atoms with Crippen molar-refractivity contribution in [2.75, 3.05) is 0 Å². The maximum Gasteiger partial charge on any atom is 0.129 e. The molecule has 0 aromatic carbocycles. The molecule has 0 atom stereocenters. The van der Waals surface area contributed by atoms with E-state index >= 15 is 0 Å². The van der Waals surface area contributed by atoms with Crippen LogP contribution in [0.5, 0.6) is 0 Å². The molecule has 0 aromatic rings. The second kappa shape index (κ2) is 13.8. The predicted octanol–water partition coefficient (Wildman–Crippen LogP) is 8.10. The summed E-state index contributed by atoms with van der Waals surface area (Å²) in [5.41, 5.74) is 14.7. The van der Waals surface area contributed by atoms with Gasteiger partial charge in [-0.1, -0.05) is 109 Å². The van der Waals surface area contributed by atoms with Crippen LogP contribution in [0.3, 0.4) is 0 Å². The van der Waals surface area contributed by atoms with Crippen LogP contribution >= 0.6 is 0 Å². The van der Waals surface area contributed by atoms with Crippen molar-refractivity contribution in [3.05, 3.63) is 44.6 Å². The Morgan fingerprint density at radius 2 is 0.500 bits per heavy atom. The van der Waals surface area contributed by atoms with Gasteiger partial charge in [-0.15, -0.1) is 11.1 Å². The molecule has 0 spiro atoms. The Kier molecular flexibility index (Phi) is 12.7. The van der Waals surface area contributed by atoms with Gasteiger partial charge in [0.2, 0.25) is 0 Å². The summed E-state index contributed by atoms with van der Waals surface area (Å²) in [5, 5.41) is 0. The Morgan fingerprint density at radius 3 is 0.647 bits per heavy atom. The molecule has 0 aromatic heterocycles. The lowest BCUT2D eigenvalue weighted by atomic mass is 10.1. The monoisotopic (exact) mass is 482 g/mol. The van der Waals surface area contributed by atoms with Gasteiger partial charge in [-0.3, -0.25) is 0 Å². The average molecular weight is 483 g/mol. The molecule has 0 rings (SSSR count). The van der Waals surface area contributed by atoms with Crippen LogP contribution in [0.4, 0.5) is 0 Å². The van der Waals surface area contributed by atoms with Crippen molar-refractivity contribution in [3.8, 4) is 58.5 Å². The fourth-order valence-electron chi connectivity index (χ4n) is 2.00. The minimum absolute atomic E-state index is 0.815. The van der Waals surface area contributed by atoms with Crippen LogP contribution in [-0.4, -0.2) is 16.1 Å². The molecule has 0 unspecified atom stereocenters. The molecular weight excluding hydrogens is 441 g/mol. The molecule has 2 heteroatoms. The Balaban J connectivity index is 6.35. The summed E-state index contributed by atoms with van der Waals surface area (Å²) in [5.74, 6) is 26.2. The Morgan fingerprint density at radius 1 is 0.324 bits per heavy atom. The van der Waals surface area contributed by atoms with Crippen LogP contribution < -0.4 is 0 Å². The Bertz CT molecular complexity index is 1120. The van der Waals surface area contributed by atoms with Crippen LogP contribution in [0.25, 0.3) is 0 Å². The van der Waals surface area contributed by atoms with Crippen molar-refractivity contribution in [2.24, 2.45) is 0 Å². The molecule has 0 aliphatic rings. The second-order valence-corrected chi connectivity index (χ2v) is 20.8. The minimum Gasteiger partial charge on any atom is -0.126 e. The van der Waals surface area contributed by atoms with E-state index in [-0.39, 0.29) is 0 Å². The van der Waals surface area contributed by atoms with Crippen molar-refractivity contribution >= 4 is 16.1 Å².